The fraction of sp³-hybridized carbons (Fsp3) is 0.188. The van der Waals surface area contributed by atoms with Crippen LogP contribution in [-0.2, 0) is 4.79 Å². The van der Waals surface area contributed by atoms with E-state index >= 15 is 0 Å². The van der Waals surface area contributed by atoms with E-state index in [0.717, 1.165) is 0 Å². The predicted molar refractivity (Wildman–Crippen MR) is 87.5 cm³/mol. The van der Waals surface area contributed by atoms with Crippen LogP contribution in [-0.4, -0.2) is 30.1 Å². The molecule has 0 aliphatic rings. The molecule has 1 aromatic heterocycles. The molecule has 1 heterocycles. The largest absolute Gasteiger partial charge is 0.481 e. The summed E-state index contributed by atoms with van der Waals surface area (Å²) in [5, 5.41) is 7.87. The van der Waals surface area contributed by atoms with Crippen LogP contribution < -0.4 is 20.7 Å². The first-order valence-corrected chi connectivity index (χ1v) is 7.02. The van der Waals surface area contributed by atoms with Crippen LogP contribution in [0.4, 0.5) is 16.2 Å². The zero-order chi connectivity index (χ0) is 16.7. The molecule has 7 nitrogen and oxygen atoms in total. The van der Waals surface area contributed by atoms with Gasteiger partial charge in [0.25, 0.3) is 0 Å². The molecule has 0 aliphatic heterocycles. The van der Waals surface area contributed by atoms with Gasteiger partial charge in [0.05, 0.1) is 19.0 Å². The molecule has 2 aromatic rings. The topological polar surface area (TPSA) is 92.4 Å². The Hall–Kier alpha value is -3.09. The Morgan fingerprint density at radius 1 is 1.04 bits per heavy atom. The van der Waals surface area contributed by atoms with E-state index in [2.05, 4.69) is 20.9 Å². The highest BCUT2D eigenvalue weighted by atomic mass is 16.5. The third kappa shape index (κ3) is 4.99. The number of anilines is 2. The lowest BCUT2D eigenvalue weighted by atomic mass is 10.3. The van der Waals surface area contributed by atoms with Crippen molar-refractivity contribution in [2.24, 2.45) is 0 Å². The maximum Gasteiger partial charge on any atom is 0.319 e. The van der Waals surface area contributed by atoms with Gasteiger partial charge in [0.2, 0.25) is 11.8 Å². The van der Waals surface area contributed by atoms with Gasteiger partial charge in [-0.2, -0.15) is 0 Å². The fourth-order valence-electron chi connectivity index (χ4n) is 1.78. The predicted octanol–water partition coefficient (Wildman–Crippen LogP) is 2.24. The van der Waals surface area contributed by atoms with Crippen LogP contribution >= 0.6 is 0 Å². The normalized spacial score (nSPS) is 11.2. The summed E-state index contributed by atoms with van der Waals surface area (Å²) in [5.74, 6) is 0.108. The average molecular weight is 314 g/mol. The maximum atomic E-state index is 12.0. The van der Waals surface area contributed by atoms with Gasteiger partial charge >= 0.3 is 6.03 Å². The van der Waals surface area contributed by atoms with Gasteiger partial charge in [-0.05, 0) is 25.1 Å². The zero-order valence-electron chi connectivity index (χ0n) is 12.9. The van der Waals surface area contributed by atoms with E-state index in [0.29, 0.717) is 17.3 Å². The number of benzene rings is 1. The third-order valence-corrected chi connectivity index (χ3v) is 2.99. The van der Waals surface area contributed by atoms with Crippen molar-refractivity contribution in [2.45, 2.75) is 13.0 Å². The SMILES string of the molecule is COc1ccc(NC(=O)C(C)NC(=O)Nc2ccccc2)cn1. The standard InChI is InChI=1S/C16H18N4O3/c1-11(18-16(22)20-12-6-4-3-5-7-12)15(21)19-13-8-9-14(23-2)17-10-13/h3-11H,1-2H3,(H,19,21)(H2,18,20,22). The van der Waals surface area contributed by atoms with Crippen LogP contribution in [0.2, 0.25) is 0 Å². The Kier molecular flexibility index (Phi) is 5.51. The van der Waals surface area contributed by atoms with Crippen molar-refractivity contribution >= 4 is 23.3 Å². The Balaban J connectivity index is 1.85. The van der Waals surface area contributed by atoms with E-state index in [4.69, 9.17) is 4.74 Å². The van der Waals surface area contributed by atoms with Gasteiger partial charge in [0, 0.05) is 11.8 Å². The number of amides is 3. The number of carbonyl (C=O) groups excluding carboxylic acids is 2. The molecule has 0 fully saturated rings. The number of aromatic nitrogens is 1. The molecule has 0 bridgehead atoms. The maximum absolute atomic E-state index is 12.0. The van der Waals surface area contributed by atoms with Gasteiger partial charge < -0.3 is 20.7 Å². The van der Waals surface area contributed by atoms with E-state index in [1.165, 1.54) is 13.3 Å². The summed E-state index contributed by atoms with van der Waals surface area (Å²) in [5.41, 5.74) is 1.17. The lowest BCUT2D eigenvalue weighted by Gasteiger charge is -2.14. The van der Waals surface area contributed by atoms with Gasteiger partial charge in [-0.25, -0.2) is 9.78 Å². The summed E-state index contributed by atoms with van der Waals surface area (Å²) in [6.45, 7) is 1.59. The van der Waals surface area contributed by atoms with E-state index in [-0.39, 0.29) is 5.91 Å². The monoisotopic (exact) mass is 314 g/mol. The van der Waals surface area contributed by atoms with Gasteiger partial charge in [-0.15, -0.1) is 0 Å². The molecule has 1 atom stereocenters. The number of pyridine rings is 1. The number of urea groups is 1. The molecule has 7 heteroatoms. The van der Waals surface area contributed by atoms with Gasteiger partial charge in [0.1, 0.15) is 6.04 Å². The van der Waals surface area contributed by atoms with Gasteiger partial charge in [0.15, 0.2) is 0 Å². The van der Waals surface area contributed by atoms with Gasteiger partial charge in [-0.1, -0.05) is 18.2 Å². The molecular formula is C16H18N4O3. The number of carbonyl (C=O) groups is 2. The third-order valence-electron chi connectivity index (χ3n) is 2.99. The van der Waals surface area contributed by atoms with Crippen LogP contribution in [0.3, 0.4) is 0 Å². The van der Waals surface area contributed by atoms with Gasteiger partial charge in [-0.3, -0.25) is 4.79 Å². The highest BCUT2D eigenvalue weighted by Gasteiger charge is 2.15. The molecule has 3 amide bonds. The first-order chi connectivity index (χ1) is 11.1. The number of rotatable bonds is 5. The molecule has 0 spiro atoms. The quantitative estimate of drug-likeness (QED) is 0.789. The van der Waals surface area contributed by atoms with Crippen LogP contribution in [0.1, 0.15) is 6.92 Å². The van der Waals surface area contributed by atoms with Crippen molar-refractivity contribution in [1.29, 1.82) is 0 Å². The first kappa shape index (κ1) is 16.3. The summed E-state index contributed by atoms with van der Waals surface area (Å²) < 4.78 is 4.94. The number of hydrogen-bond donors (Lipinski definition) is 3. The number of nitrogens with zero attached hydrogens (tertiary/aromatic N) is 1. The summed E-state index contributed by atoms with van der Waals surface area (Å²) in [6.07, 6.45) is 1.48. The minimum atomic E-state index is -0.708. The summed E-state index contributed by atoms with van der Waals surface area (Å²) in [7, 11) is 1.51. The average Bonchev–Trinajstić information content (AvgIpc) is 2.56. The number of nitrogens with one attached hydrogen (secondary N) is 3. The number of hydrogen-bond acceptors (Lipinski definition) is 4. The fourth-order valence-corrected chi connectivity index (χ4v) is 1.78. The van der Waals surface area contributed by atoms with E-state index < -0.39 is 12.1 Å². The molecule has 1 unspecified atom stereocenters. The lowest BCUT2D eigenvalue weighted by Crippen LogP contribution is -2.43. The van der Waals surface area contributed by atoms with E-state index in [9.17, 15) is 9.59 Å². The molecule has 3 N–H and O–H groups in total. The molecule has 1 aromatic carbocycles. The second-order valence-electron chi connectivity index (χ2n) is 4.76. The molecule has 0 radical (unpaired) electrons. The molecular weight excluding hydrogens is 296 g/mol. The lowest BCUT2D eigenvalue weighted by molar-refractivity contribution is -0.117. The number of methoxy groups -OCH3 is 1. The highest BCUT2D eigenvalue weighted by Crippen LogP contribution is 2.11. The van der Waals surface area contributed by atoms with Crippen LogP contribution in [0.25, 0.3) is 0 Å². The molecule has 0 saturated carbocycles. The first-order valence-electron chi connectivity index (χ1n) is 7.02. The molecule has 0 saturated heterocycles. The van der Waals surface area contributed by atoms with E-state index in [1.54, 1.807) is 31.2 Å². The zero-order valence-corrected chi connectivity index (χ0v) is 12.9. The van der Waals surface area contributed by atoms with Crippen molar-refractivity contribution in [1.82, 2.24) is 10.3 Å². The second-order valence-corrected chi connectivity index (χ2v) is 4.76. The Labute approximate surface area is 134 Å². The summed E-state index contributed by atoms with van der Waals surface area (Å²) in [6, 6.07) is 11.1. The second kappa shape index (κ2) is 7.79. The van der Waals surface area contributed by atoms with Crippen LogP contribution in [0.15, 0.2) is 48.7 Å². The van der Waals surface area contributed by atoms with Crippen molar-refractivity contribution in [3.05, 3.63) is 48.7 Å². The summed E-state index contributed by atoms with van der Waals surface area (Å²) >= 11 is 0. The van der Waals surface area contributed by atoms with Crippen LogP contribution in [0.5, 0.6) is 5.88 Å². The molecule has 120 valence electrons. The van der Waals surface area contributed by atoms with Crippen LogP contribution in [0, 0.1) is 0 Å². The number of para-hydroxylation sites is 1. The Morgan fingerprint density at radius 2 is 1.78 bits per heavy atom. The minimum absolute atomic E-state index is 0.347. The highest BCUT2D eigenvalue weighted by molar-refractivity contribution is 5.98. The number of ether oxygens (including phenoxy) is 1. The molecule has 0 aliphatic carbocycles. The molecule has 23 heavy (non-hydrogen) atoms. The Bertz CT molecular complexity index is 659. The minimum Gasteiger partial charge on any atom is -0.481 e. The smallest absolute Gasteiger partial charge is 0.319 e. The van der Waals surface area contributed by atoms with Crippen molar-refractivity contribution in [3.63, 3.8) is 0 Å². The van der Waals surface area contributed by atoms with Crippen molar-refractivity contribution in [2.75, 3.05) is 17.7 Å². The summed E-state index contributed by atoms with van der Waals surface area (Å²) in [4.78, 5) is 27.9. The van der Waals surface area contributed by atoms with Crippen molar-refractivity contribution < 1.29 is 14.3 Å². The van der Waals surface area contributed by atoms with Crippen molar-refractivity contribution in [3.8, 4) is 5.88 Å². The van der Waals surface area contributed by atoms with E-state index in [1.807, 2.05) is 18.2 Å². The molecule has 2 rings (SSSR count). The Morgan fingerprint density at radius 3 is 2.39 bits per heavy atom.